The lowest BCUT2D eigenvalue weighted by atomic mass is 9.94. The molecule has 0 saturated carbocycles. The van der Waals surface area contributed by atoms with Gasteiger partial charge in [-0.2, -0.15) is 0 Å². The third kappa shape index (κ3) is 3.79. The standard InChI is InChI=1S/C12H17NO5S/c1-7(14)19-6-12(2,3)11(18)13-5-8(15)4-9(13)10(16)17/h9H,4-6H2,1-3H3,(H,16,17)/t9-/m0/s1. The van der Waals surface area contributed by atoms with Gasteiger partial charge in [0.25, 0.3) is 0 Å². The molecule has 0 unspecified atom stereocenters. The largest absolute Gasteiger partial charge is 0.480 e. The molecule has 1 saturated heterocycles. The summed E-state index contributed by atoms with van der Waals surface area (Å²) in [6.07, 6.45) is -0.142. The Bertz CT molecular complexity index is 432. The van der Waals surface area contributed by atoms with Crippen LogP contribution >= 0.6 is 11.8 Å². The van der Waals surface area contributed by atoms with E-state index in [2.05, 4.69) is 0 Å². The van der Waals surface area contributed by atoms with Crippen LogP contribution in [0.1, 0.15) is 27.2 Å². The number of carbonyl (C=O) groups is 4. The second kappa shape index (κ2) is 5.73. The van der Waals surface area contributed by atoms with Crippen molar-refractivity contribution in [3.05, 3.63) is 0 Å². The molecule has 0 radical (unpaired) electrons. The smallest absolute Gasteiger partial charge is 0.326 e. The van der Waals surface area contributed by atoms with E-state index >= 15 is 0 Å². The van der Waals surface area contributed by atoms with Crippen LogP contribution < -0.4 is 0 Å². The molecule has 0 aliphatic carbocycles. The Morgan fingerprint density at radius 1 is 1.42 bits per heavy atom. The molecule has 1 heterocycles. The van der Waals surface area contributed by atoms with Crippen LogP contribution in [0.2, 0.25) is 0 Å². The summed E-state index contributed by atoms with van der Waals surface area (Å²) in [6.45, 7) is 4.54. The zero-order valence-electron chi connectivity index (χ0n) is 11.1. The zero-order chi connectivity index (χ0) is 14.8. The van der Waals surface area contributed by atoms with E-state index in [1.54, 1.807) is 13.8 Å². The van der Waals surface area contributed by atoms with Crippen molar-refractivity contribution in [3.63, 3.8) is 0 Å². The maximum atomic E-state index is 12.3. The normalized spacial score (nSPS) is 19.6. The maximum Gasteiger partial charge on any atom is 0.326 e. The van der Waals surface area contributed by atoms with Crippen molar-refractivity contribution < 1.29 is 24.3 Å². The molecule has 0 aromatic heterocycles. The first-order valence-corrected chi connectivity index (χ1v) is 6.82. The Balaban J connectivity index is 2.82. The highest BCUT2D eigenvalue weighted by molar-refractivity contribution is 8.13. The number of nitrogens with zero attached hydrogens (tertiary/aromatic N) is 1. The minimum Gasteiger partial charge on any atom is -0.480 e. The van der Waals surface area contributed by atoms with Crippen molar-refractivity contribution >= 4 is 34.5 Å². The van der Waals surface area contributed by atoms with Gasteiger partial charge in [-0.05, 0) is 0 Å². The summed E-state index contributed by atoms with van der Waals surface area (Å²) in [4.78, 5) is 46.8. The highest BCUT2D eigenvalue weighted by Gasteiger charge is 2.43. The summed E-state index contributed by atoms with van der Waals surface area (Å²) >= 11 is 1.02. The van der Waals surface area contributed by atoms with Crippen LogP contribution in [0.5, 0.6) is 0 Å². The molecule has 6 nitrogen and oxygen atoms in total. The van der Waals surface area contributed by atoms with Crippen LogP contribution in [0.25, 0.3) is 0 Å². The number of hydrogen-bond acceptors (Lipinski definition) is 5. The molecule has 1 aliphatic rings. The van der Waals surface area contributed by atoms with Gasteiger partial charge < -0.3 is 10.0 Å². The van der Waals surface area contributed by atoms with Gasteiger partial charge in [0, 0.05) is 19.1 Å². The summed E-state index contributed by atoms with van der Waals surface area (Å²) in [7, 11) is 0. The molecule has 1 atom stereocenters. The topological polar surface area (TPSA) is 91.8 Å². The number of amides is 1. The number of likely N-dealkylation sites (tertiary alicyclic amines) is 1. The summed E-state index contributed by atoms with van der Waals surface area (Å²) in [6, 6.07) is -1.08. The van der Waals surface area contributed by atoms with E-state index in [1.165, 1.54) is 6.92 Å². The number of Topliss-reactive ketones (excluding diaryl/α,β-unsaturated/α-hetero) is 1. The van der Waals surface area contributed by atoms with Crippen molar-refractivity contribution in [2.24, 2.45) is 5.41 Å². The van der Waals surface area contributed by atoms with Crippen molar-refractivity contribution in [3.8, 4) is 0 Å². The molecule has 1 rings (SSSR count). The molecule has 0 aromatic carbocycles. The van der Waals surface area contributed by atoms with Gasteiger partial charge >= 0.3 is 5.97 Å². The van der Waals surface area contributed by atoms with Gasteiger partial charge in [-0.1, -0.05) is 25.6 Å². The Kier molecular flexibility index (Phi) is 4.73. The minimum atomic E-state index is -1.17. The predicted molar refractivity (Wildman–Crippen MR) is 69.7 cm³/mol. The lowest BCUT2D eigenvalue weighted by Crippen LogP contribution is -2.47. The van der Waals surface area contributed by atoms with E-state index < -0.39 is 23.3 Å². The van der Waals surface area contributed by atoms with Crippen molar-refractivity contribution in [2.75, 3.05) is 12.3 Å². The van der Waals surface area contributed by atoms with Gasteiger partial charge in [0.2, 0.25) is 5.91 Å². The van der Waals surface area contributed by atoms with E-state index in [9.17, 15) is 19.2 Å². The molecule has 1 amide bonds. The highest BCUT2D eigenvalue weighted by atomic mass is 32.2. The van der Waals surface area contributed by atoms with Crippen molar-refractivity contribution in [1.29, 1.82) is 0 Å². The minimum absolute atomic E-state index is 0.104. The third-order valence-corrected chi connectivity index (χ3v) is 4.18. The number of thioether (sulfide) groups is 1. The quantitative estimate of drug-likeness (QED) is 0.811. The molecule has 1 N–H and O–H groups in total. The number of hydrogen-bond donors (Lipinski definition) is 1. The first-order valence-electron chi connectivity index (χ1n) is 5.84. The van der Waals surface area contributed by atoms with Crippen LogP contribution in [0.3, 0.4) is 0 Å². The number of carboxylic acids is 1. The highest BCUT2D eigenvalue weighted by Crippen LogP contribution is 2.28. The molecule has 106 valence electrons. The van der Waals surface area contributed by atoms with E-state index in [1.807, 2.05) is 0 Å². The number of carboxylic acid groups (broad SMARTS) is 1. The maximum absolute atomic E-state index is 12.3. The Morgan fingerprint density at radius 2 is 2.00 bits per heavy atom. The van der Waals surface area contributed by atoms with Gasteiger partial charge in [0.1, 0.15) is 6.04 Å². The van der Waals surface area contributed by atoms with Gasteiger partial charge in [-0.15, -0.1) is 0 Å². The van der Waals surface area contributed by atoms with E-state index in [0.29, 0.717) is 0 Å². The molecule has 7 heteroatoms. The molecule has 1 aliphatic heterocycles. The molecular formula is C12H17NO5S. The van der Waals surface area contributed by atoms with Crippen LogP contribution in [-0.4, -0.2) is 51.1 Å². The third-order valence-electron chi connectivity index (χ3n) is 2.91. The lowest BCUT2D eigenvalue weighted by molar-refractivity contribution is -0.151. The van der Waals surface area contributed by atoms with Crippen LogP contribution in [0, 0.1) is 5.41 Å². The molecule has 19 heavy (non-hydrogen) atoms. The van der Waals surface area contributed by atoms with Crippen molar-refractivity contribution in [1.82, 2.24) is 4.90 Å². The summed E-state index contributed by atoms with van der Waals surface area (Å²) < 4.78 is 0. The van der Waals surface area contributed by atoms with Crippen LogP contribution in [0.15, 0.2) is 0 Å². The summed E-state index contributed by atoms with van der Waals surface area (Å²) in [5.41, 5.74) is -0.880. The molecule has 0 aromatic rings. The number of carbonyl (C=O) groups excluding carboxylic acids is 3. The predicted octanol–water partition coefficient (Wildman–Crippen LogP) is 0.547. The summed E-state index contributed by atoms with van der Waals surface area (Å²) in [5, 5.41) is 8.93. The average molecular weight is 287 g/mol. The van der Waals surface area contributed by atoms with Crippen LogP contribution in [0.4, 0.5) is 0 Å². The second-order valence-corrected chi connectivity index (χ2v) is 6.35. The zero-order valence-corrected chi connectivity index (χ0v) is 12.0. The fraction of sp³-hybridized carbons (Fsp3) is 0.667. The van der Waals surface area contributed by atoms with Crippen LogP contribution in [-0.2, 0) is 19.2 Å². The van der Waals surface area contributed by atoms with Gasteiger partial charge in [0.05, 0.1) is 12.0 Å². The van der Waals surface area contributed by atoms with E-state index in [4.69, 9.17) is 5.11 Å². The molecular weight excluding hydrogens is 270 g/mol. The Hall–Kier alpha value is -1.37. The Morgan fingerprint density at radius 3 is 2.47 bits per heavy atom. The fourth-order valence-corrected chi connectivity index (χ4v) is 2.54. The number of rotatable bonds is 4. The average Bonchev–Trinajstić information content (AvgIpc) is 2.68. The lowest BCUT2D eigenvalue weighted by Gasteiger charge is -2.30. The number of ketones is 1. The summed E-state index contributed by atoms with van der Waals surface area (Å²) in [5.74, 6) is -1.57. The fourth-order valence-electron chi connectivity index (χ4n) is 1.86. The van der Waals surface area contributed by atoms with E-state index in [0.717, 1.165) is 16.7 Å². The second-order valence-electron chi connectivity index (χ2n) is 5.19. The monoisotopic (exact) mass is 287 g/mol. The molecule has 0 spiro atoms. The van der Waals surface area contributed by atoms with Gasteiger partial charge in [-0.3, -0.25) is 14.4 Å². The van der Waals surface area contributed by atoms with Gasteiger partial charge in [-0.25, -0.2) is 4.79 Å². The number of aliphatic carboxylic acids is 1. The van der Waals surface area contributed by atoms with Crippen molar-refractivity contribution in [2.45, 2.75) is 33.2 Å². The molecule has 0 bridgehead atoms. The Labute approximate surface area is 115 Å². The first kappa shape index (κ1) is 15.7. The first-order chi connectivity index (χ1) is 8.65. The SMILES string of the molecule is CC(=O)SCC(C)(C)C(=O)N1CC(=O)C[C@H]1C(=O)O. The van der Waals surface area contributed by atoms with Gasteiger partial charge in [0.15, 0.2) is 10.9 Å². The molecule has 1 fully saturated rings. The van der Waals surface area contributed by atoms with E-state index in [-0.39, 0.29) is 29.6 Å².